The second-order valence-electron chi connectivity index (χ2n) is 5.02. The van der Waals surface area contributed by atoms with Crippen molar-refractivity contribution in [3.8, 4) is 0 Å². The van der Waals surface area contributed by atoms with Crippen molar-refractivity contribution >= 4 is 29.1 Å². The molecular formula is C15H17Cl2N3O. The van der Waals surface area contributed by atoms with Crippen LogP contribution in [-0.2, 0) is 24.8 Å². The second-order valence-corrected chi connectivity index (χ2v) is 5.83. The molecule has 2 rings (SSSR count). The zero-order valence-electron chi connectivity index (χ0n) is 12.0. The minimum atomic E-state index is 0.0879. The molecule has 4 nitrogen and oxygen atoms in total. The summed E-state index contributed by atoms with van der Waals surface area (Å²) in [5.74, 6) is 0.0879. The molecule has 1 aromatic carbocycles. The van der Waals surface area contributed by atoms with Crippen LogP contribution in [0, 0.1) is 0 Å². The molecule has 0 radical (unpaired) electrons. The zero-order valence-corrected chi connectivity index (χ0v) is 13.5. The van der Waals surface area contributed by atoms with Gasteiger partial charge in [-0.25, -0.2) is 0 Å². The van der Waals surface area contributed by atoms with Gasteiger partial charge in [0.1, 0.15) is 0 Å². The predicted molar refractivity (Wildman–Crippen MR) is 84.5 cm³/mol. The highest BCUT2D eigenvalue weighted by Crippen LogP contribution is 2.23. The van der Waals surface area contributed by atoms with Crippen LogP contribution in [0.25, 0.3) is 0 Å². The lowest BCUT2D eigenvalue weighted by Crippen LogP contribution is -2.26. The molecule has 0 fully saturated rings. The first-order valence-electron chi connectivity index (χ1n) is 6.61. The Hall–Kier alpha value is -1.52. The van der Waals surface area contributed by atoms with Gasteiger partial charge >= 0.3 is 0 Å². The molecule has 1 amide bonds. The first-order chi connectivity index (χ1) is 9.95. The highest BCUT2D eigenvalue weighted by atomic mass is 35.5. The van der Waals surface area contributed by atoms with E-state index in [0.29, 0.717) is 29.4 Å². The summed E-state index contributed by atoms with van der Waals surface area (Å²) in [7, 11) is 3.65. The molecule has 0 saturated heterocycles. The molecule has 0 aliphatic carbocycles. The fourth-order valence-corrected chi connectivity index (χ4v) is 2.36. The van der Waals surface area contributed by atoms with Crippen molar-refractivity contribution in [2.24, 2.45) is 7.05 Å². The Balaban J connectivity index is 1.88. The van der Waals surface area contributed by atoms with E-state index < -0.39 is 0 Å². The van der Waals surface area contributed by atoms with Gasteiger partial charge in [0, 0.05) is 33.3 Å². The summed E-state index contributed by atoms with van der Waals surface area (Å²) >= 11 is 11.9. The number of rotatable bonds is 5. The van der Waals surface area contributed by atoms with Crippen LogP contribution in [0.4, 0.5) is 0 Å². The average molecular weight is 326 g/mol. The monoisotopic (exact) mass is 325 g/mol. The van der Waals surface area contributed by atoms with Gasteiger partial charge in [0.25, 0.3) is 0 Å². The van der Waals surface area contributed by atoms with E-state index >= 15 is 0 Å². The van der Waals surface area contributed by atoms with E-state index in [1.165, 1.54) is 0 Å². The third-order valence-electron chi connectivity index (χ3n) is 3.22. The number of carbonyl (C=O) groups excluding carboxylic acids is 1. The number of aryl methyl sites for hydroxylation is 2. The van der Waals surface area contributed by atoms with Gasteiger partial charge in [0.05, 0.1) is 16.2 Å². The first-order valence-corrected chi connectivity index (χ1v) is 7.36. The van der Waals surface area contributed by atoms with Crippen LogP contribution in [-0.4, -0.2) is 27.6 Å². The SMILES string of the molecule is CN(Cc1ccc(Cl)c(Cl)c1)C(=O)CCc1cnn(C)c1. The van der Waals surface area contributed by atoms with Gasteiger partial charge in [0.15, 0.2) is 0 Å². The number of hydrogen-bond acceptors (Lipinski definition) is 2. The molecule has 2 aromatic rings. The van der Waals surface area contributed by atoms with Crippen LogP contribution in [0.1, 0.15) is 17.5 Å². The summed E-state index contributed by atoms with van der Waals surface area (Å²) in [6.07, 6.45) is 4.86. The largest absolute Gasteiger partial charge is 0.341 e. The summed E-state index contributed by atoms with van der Waals surface area (Å²) in [6.45, 7) is 0.517. The van der Waals surface area contributed by atoms with Crippen molar-refractivity contribution < 1.29 is 4.79 Å². The van der Waals surface area contributed by atoms with Gasteiger partial charge in [-0.3, -0.25) is 9.48 Å². The van der Waals surface area contributed by atoms with E-state index in [0.717, 1.165) is 11.1 Å². The van der Waals surface area contributed by atoms with Gasteiger partial charge in [-0.2, -0.15) is 5.10 Å². The zero-order chi connectivity index (χ0) is 15.4. The van der Waals surface area contributed by atoms with Gasteiger partial charge in [-0.05, 0) is 29.7 Å². The molecular weight excluding hydrogens is 309 g/mol. The first kappa shape index (κ1) is 15.9. The molecule has 21 heavy (non-hydrogen) atoms. The standard InChI is InChI=1S/C15H17Cl2N3O/c1-19(9-11-3-5-13(16)14(17)7-11)15(21)6-4-12-8-18-20(2)10-12/h3,5,7-8,10H,4,6,9H2,1-2H3. The molecule has 6 heteroatoms. The average Bonchev–Trinajstić information content (AvgIpc) is 2.86. The number of hydrogen-bond donors (Lipinski definition) is 0. The Morgan fingerprint density at radius 2 is 2.05 bits per heavy atom. The fraction of sp³-hybridized carbons (Fsp3) is 0.333. The molecule has 112 valence electrons. The summed E-state index contributed by atoms with van der Waals surface area (Å²) in [5.41, 5.74) is 2.02. The molecule has 0 N–H and O–H groups in total. The summed E-state index contributed by atoms with van der Waals surface area (Å²) < 4.78 is 1.74. The van der Waals surface area contributed by atoms with E-state index in [1.54, 1.807) is 35.0 Å². The third kappa shape index (κ3) is 4.48. The molecule has 0 saturated carbocycles. The molecule has 0 atom stereocenters. The molecule has 1 heterocycles. The van der Waals surface area contributed by atoms with Crippen molar-refractivity contribution in [3.05, 3.63) is 51.8 Å². The maximum Gasteiger partial charge on any atom is 0.222 e. The topological polar surface area (TPSA) is 38.1 Å². The van der Waals surface area contributed by atoms with E-state index in [9.17, 15) is 4.79 Å². The van der Waals surface area contributed by atoms with Crippen LogP contribution in [0.3, 0.4) is 0 Å². The van der Waals surface area contributed by atoms with E-state index in [4.69, 9.17) is 23.2 Å². The second kappa shape index (κ2) is 6.96. The fourth-order valence-electron chi connectivity index (χ4n) is 2.04. The Labute approximate surface area is 134 Å². The molecule has 0 unspecified atom stereocenters. The summed E-state index contributed by atoms with van der Waals surface area (Å²) in [5, 5.41) is 5.11. The molecule has 0 aliphatic rings. The van der Waals surface area contributed by atoms with Crippen molar-refractivity contribution in [3.63, 3.8) is 0 Å². The Kier molecular flexibility index (Phi) is 5.26. The van der Waals surface area contributed by atoms with Crippen molar-refractivity contribution in [2.45, 2.75) is 19.4 Å². The maximum atomic E-state index is 12.1. The molecule has 0 spiro atoms. The van der Waals surface area contributed by atoms with Gasteiger partial charge in [-0.1, -0.05) is 29.3 Å². The lowest BCUT2D eigenvalue weighted by atomic mass is 10.1. The number of nitrogens with zero attached hydrogens (tertiary/aromatic N) is 3. The number of halogens is 2. The van der Waals surface area contributed by atoms with Crippen LogP contribution >= 0.6 is 23.2 Å². The van der Waals surface area contributed by atoms with E-state index in [1.807, 2.05) is 19.3 Å². The number of carbonyl (C=O) groups is 1. The minimum absolute atomic E-state index is 0.0879. The van der Waals surface area contributed by atoms with Gasteiger partial charge in [0.2, 0.25) is 5.91 Å². The van der Waals surface area contributed by atoms with Crippen LogP contribution in [0.5, 0.6) is 0 Å². The molecule has 0 bridgehead atoms. The Bertz CT molecular complexity index is 640. The normalized spacial score (nSPS) is 10.7. The molecule has 0 aliphatic heterocycles. The van der Waals surface area contributed by atoms with Crippen LogP contribution in [0.2, 0.25) is 10.0 Å². The lowest BCUT2D eigenvalue weighted by molar-refractivity contribution is -0.130. The van der Waals surface area contributed by atoms with Crippen molar-refractivity contribution in [1.29, 1.82) is 0 Å². The third-order valence-corrected chi connectivity index (χ3v) is 3.95. The van der Waals surface area contributed by atoms with E-state index in [-0.39, 0.29) is 5.91 Å². The predicted octanol–water partition coefficient (Wildman–Crippen LogP) is 3.32. The maximum absolute atomic E-state index is 12.1. The van der Waals surface area contributed by atoms with E-state index in [2.05, 4.69) is 5.10 Å². The summed E-state index contributed by atoms with van der Waals surface area (Å²) in [4.78, 5) is 13.8. The van der Waals surface area contributed by atoms with Crippen molar-refractivity contribution in [1.82, 2.24) is 14.7 Å². The summed E-state index contributed by atoms with van der Waals surface area (Å²) in [6, 6.07) is 5.40. The Morgan fingerprint density at radius 1 is 1.29 bits per heavy atom. The number of benzene rings is 1. The van der Waals surface area contributed by atoms with Gasteiger partial charge < -0.3 is 4.90 Å². The van der Waals surface area contributed by atoms with Gasteiger partial charge in [-0.15, -0.1) is 0 Å². The Morgan fingerprint density at radius 3 is 2.67 bits per heavy atom. The quantitative estimate of drug-likeness (QED) is 0.845. The lowest BCUT2D eigenvalue weighted by Gasteiger charge is -2.17. The highest BCUT2D eigenvalue weighted by molar-refractivity contribution is 6.42. The smallest absolute Gasteiger partial charge is 0.222 e. The number of aromatic nitrogens is 2. The van der Waals surface area contributed by atoms with Crippen molar-refractivity contribution in [2.75, 3.05) is 7.05 Å². The number of amides is 1. The molecule has 1 aromatic heterocycles. The minimum Gasteiger partial charge on any atom is -0.341 e. The van der Waals surface area contributed by atoms with Crippen LogP contribution < -0.4 is 0 Å². The van der Waals surface area contributed by atoms with Crippen LogP contribution in [0.15, 0.2) is 30.6 Å². The highest BCUT2D eigenvalue weighted by Gasteiger charge is 2.11.